The third-order valence-corrected chi connectivity index (χ3v) is 3.20. The first kappa shape index (κ1) is 12.0. The van der Waals surface area contributed by atoms with Crippen LogP contribution in [0, 0.1) is 12.8 Å². The van der Waals surface area contributed by atoms with Crippen molar-refractivity contribution < 1.29 is 4.79 Å². The normalized spacial score (nSPS) is 20.0. The van der Waals surface area contributed by atoms with Gasteiger partial charge in [-0.25, -0.2) is 0 Å². The number of rotatable bonds is 2. The fourth-order valence-electron chi connectivity index (χ4n) is 1.96. The Morgan fingerprint density at radius 1 is 1.41 bits per heavy atom. The lowest BCUT2D eigenvalue weighted by molar-refractivity contribution is -0.119. The van der Waals surface area contributed by atoms with E-state index in [0.717, 1.165) is 11.3 Å². The number of benzene rings is 1. The van der Waals surface area contributed by atoms with Crippen LogP contribution < -0.4 is 10.2 Å². The van der Waals surface area contributed by atoms with Crippen molar-refractivity contribution in [3.63, 3.8) is 0 Å². The van der Waals surface area contributed by atoms with Gasteiger partial charge in [-0.15, -0.1) is 0 Å². The molecule has 0 aliphatic carbocycles. The number of nitrogens with zero attached hydrogens (tertiary/aromatic N) is 1. The summed E-state index contributed by atoms with van der Waals surface area (Å²) in [6.07, 6.45) is 0. The molecule has 1 amide bonds. The van der Waals surface area contributed by atoms with Crippen molar-refractivity contribution in [2.45, 2.75) is 26.8 Å². The van der Waals surface area contributed by atoms with E-state index in [-0.39, 0.29) is 17.9 Å². The average Bonchev–Trinajstić information content (AvgIpc) is 2.54. The monoisotopic (exact) mass is 248 g/mol. The summed E-state index contributed by atoms with van der Waals surface area (Å²) in [5.41, 5.74) is 1.96. The van der Waals surface area contributed by atoms with Gasteiger partial charge in [0, 0.05) is 0 Å². The number of thiocarbonyl (C=S) groups is 1. The van der Waals surface area contributed by atoms with Crippen LogP contribution in [-0.2, 0) is 4.79 Å². The predicted octanol–water partition coefficient (Wildman–Crippen LogP) is 2.24. The average molecular weight is 248 g/mol. The number of carbonyl (C=O) groups excluding carboxylic acids is 1. The van der Waals surface area contributed by atoms with Crippen molar-refractivity contribution in [3.8, 4) is 0 Å². The molecule has 1 N–H and O–H groups in total. The van der Waals surface area contributed by atoms with Crippen LogP contribution in [0.3, 0.4) is 0 Å². The van der Waals surface area contributed by atoms with Crippen molar-refractivity contribution in [3.05, 3.63) is 29.8 Å². The summed E-state index contributed by atoms with van der Waals surface area (Å²) in [5, 5.41) is 3.58. The molecule has 1 aromatic carbocycles. The minimum Gasteiger partial charge on any atom is -0.350 e. The van der Waals surface area contributed by atoms with Gasteiger partial charge in [-0.2, -0.15) is 0 Å². The molecule has 1 atom stereocenters. The van der Waals surface area contributed by atoms with E-state index in [4.69, 9.17) is 12.2 Å². The van der Waals surface area contributed by atoms with Gasteiger partial charge < -0.3 is 5.32 Å². The Hall–Kier alpha value is -1.42. The first-order valence-corrected chi connectivity index (χ1v) is 6.12. The van der Waals surface area contributed by atoms with Crippen LogP contribution in [-0.4, -0.2) is 17.1 Å². The summed E-state index contributed by atoms with van der Waals surface area (Å²) in [7, 11) is 0. The van der Waals surface area contributed by atoms with Gasteiger partial charge in [-0.1, -0.05) is 26.0 Å². The fourth-order valence-corrected chi connectivity index (χ4v) is 2.28. The Labute approximate surface area is 107 Å². The van der Waals surface area contributed by atoms with Crippen LogP contribution in [0.15, 0.2) is 24.3 Å². The van der Waals surface area contributed by atoms with Gasteiger partial charge in [0.05, 0.1) is 5.69 Å². The number of hydrogen-bond donors (Lipinski definition) is 1. The number of hydrogen-bond acceptors (Lipinski definition) is 2. The zero-order valence-electron chi connectivity index (χ0n) is 10.2. The van der Waals surface area contributed by atoms with Gasteiger partial charge in [-0.3, -0.25) is 9.69 Å². The second-order valence-electron chi connectivity index (χ2n) is 4.68. The van der Waals surface area contributed by atoms with Crippen molar-refractivity contribution >= 4 is 28.9 Å². The third-order valence-electron chi connectivity index (χ3n) is 2.90. The number of carbonyl (C=O) groups is 1. The molecule has 1 aliphatic heterocycles. The molecule has 1 aromatic rings. The molecule has 90 valence electrons. The van der Waals surface area contributed by atoms with E-state index < -0.39 is 0 Å². The van der Waals surface area contributed by atoms with Crippen LogP contribution in [0.5, 0.6) is 0 Å². The standard InChI is InChI=1S/C13H16N2OS/c1-8(2)11-12(16)15(13(17)14-11)10-6-4-5-9(3)7-10/h4-8,11H,1-3H3,(H,14,17)/t11-/m0/s1. The Morgan fingerprint density at radius 2 is 2.12 bits per heavy atom. The molecule has 1 saturated heterocycles. The Balaban J connectivity index is 2.34. The summed E-state index contributed by atoms with van der Waals surface area (Å²) >= 11 is 5.23. The Kier molecular flexibility index (Phi) is 3.15. The van der Waals surface area contributed by atoms with E-state index in [0.29, 0.717) is 5.11 Å². The maximum atomic E-state index is 12.2. The molecular weight excluding hydrogens is 232 g/mol. The van der Waals surface area contributed by atoms with Crippen molar-refractivity contribution in [1.82, 2.24) is 5.32 Å². The number of amides is 1. The smallest absolute Gasteiger partial charge is 0.256 e. The molecule has 0 bridgehead atoms. The molecule has 0 spiro atoms. The molecule has 0 unspecified atom stereocenters. The molecular formula is C13H16N2OS. The highest BCUT2D eigenvalue weighted by Crippen LogP contribution is 2.23. The van der Waals surface area contributed by atoms with Gasteiger partial charge >= 0.3 is 0 Å². The first-order valence-electron chi connectivity index (χ1n) is 5.72. The highest BCUT2D eigenvalue weighted by Gasteiger charge is 2.37. The minimum absolute atomic E-state index is 0.0376. The summed E-state index contributed by atoms with van der Waals surface area (Å²) in [4.78, 5) is 13.8. The summed E-state index contributed by atoms with van der Waals surface area (Å²) in [6, 6.07) is 7.60. The predicted molar refractivity (Wildman–Crippen MR) is 73.0 cm³/mol. The zero-order valence-corrected chi connectivity index (χ0v) is 11.0. The van der Waals surface area contributed by atoms with Gasteiger partial charge in [0.1, 0.15) is 6.04 Å². The topological polar surface area (TPSA) is 32.3 Å². The number of anilines is 1. The van der Waals surface area contributed by atoms with Gasteiger partial charge in [0.25, 0.3) is 5.91 Å². The summed E-state index contributed by atoms with van der Waals surface area (Å²) in [6.45, 7) is 6.02. The molecule has 1 fully saturated rings. The lowest BCUT2D eigenvalue weighted by atomic mass is 10.0. The summed E-state index contributed by atoms with van der Waals surface area (Å²) < 4.78 is 0. The van der Waals surface area contributed by atoms with Crippen molar-refractivity contribution in [1.29, 1.82) is 0 Å². The van der Waals surface area contributed by atoms with Crippen LogP contribution in [0.1, 0.15) is 19.4 Å². The van der Waals surface area contributed by atoms with Crippen LogP contribution in [0.4, 0.5) is 5.69 Å². The minimum atomic E-state index is -0.206. The van der Waals surface area contributed by atoms with E-state index in [9.17, 15) is 4.79 Å². The van der Waals surface area contributed by atoms with Crippen LogP contribution in [0.2, 0.25) is 0 Å². The quantitative estimate of drug-likeness (QED) is 0.815. The van der Waals surface area contributed by atoms with E-state index >= 15 is 0 Å². The van der Waals surface area contributed by atoms with Gasteiger partial charge in [0.2, 0.25) is 0 Å². The third kappa shape index (κ3) is 2.17. The second-order valence-corrected chi connectivity index (χ2v) is 5.07. The van der Waals surface area contributed by atoms with E-state index in [1.54, 1.807) is 4.90 Å². The second kappa shape index (κ2) is 4.45. The van der Waals surface area contributed by atoms with Crippen molar-refractivity contribution in [2.24, 2.45) is 5.92 Å². The lowest BCUT2D eigenvalue weighted by Crippen LogP contribution is -2.34. The maximum Gasteiger partial charge on any atom is 0.256 e. The Morgan fingerprint density at radius 3 is 2.65 bits per heavy atom. The van der Waals surface area contributed by atoms with Gasteiger partial charge in [-0.05, 0) is 42.8 Å². The molecule has 1 heterocycles. The SMILES string of the molecule is Cc1cccc(N2C(=O)[C@H](C(C)C)NC2=S)c1. The fraction of sp³-hybridized carbons (Fsp3) is 0.385. The highest BCUT2D eigenvalue weighted by atomic mass is 32.1. The highest BCUT2D eigenvalue weighted by molar-refractivity contribution is 7.80. The van der Waals surface area contributed by atoms with E-state index in [2.05, 4.69) is 5.32 Å². The zero-order chi connectivity index (χ0) is 12.6. The molecule has 17 heavy (non-hydrogen) atoms. The molecule has 0 aromatic heterocycles. The molecule has 3 nitrogen and oxygen atoms in total. The Bertz CT molecular complexity index is 470. The largest absolute Gasteiger partial charge is 0.350 e. The molecule has 0 radical (unpaired) electrons. The molecule has 4 heteroatoms. The van der Waals surface area contributed by atoms with E-state index in [1.807, 2.05) is 45.0 Å². The molecule has 1 aliphatic rings. The molecule has 2 rings (SSSR count). The number of aryl methyl sites for hydroxylation is 1. The molecule has 0 saturated carbocycles. The van der Waals surface area contributed by atoms with Crippen LogP contribution in [0.25, 0.3) is 0 Å². The first-order chi connectivity index (χ1) is 8.00. The van der Waals surface area contributed by atoms with Gasteiger partial charge in [0.15, 0.2) is 5.11 Å². The number of nitrogens with one attached hydrogen (secondary N) is 1. The maximum absolute atomic E-state index is 12.2. The van der Waals surface area contributed by atoms with E-state index in [1.165, 1.54) is 0 Å². The van der Waals surface area contributed by atoms with Crippen LogP contribution >= 0.6 is 12.2 Å². The van der Waals surface area contributed by atoms with Crippen molar-refractivity contribution in [2.75, 3.05) is 4.90 Å². The summed E-state index contributed by atoms with van der Waals surface area (Å²) in [5.74, 6) is 0.269. The lowest BCUT2D eigenvalue weighted by Gasteiger charge is -2.16.